The summed E-state index contributed by atoms with van der Waals surface area (Å²) in [6.07, 6.45) is 3.10. The topological polar surface area (TPSA) is 120 Å². The van der Waals surface area contributed by atoms with Crippen LogP contribution >= 0.6 is 11.6 Å². The molecule has 1 atom stereocenters. The molecule has 0 radical (unpaired) electrons. The third-order valence-electron chi connectivity index (χ3n) is 5.21. The number of rotatable bonds is 8. The average Bonchev–Trinajstić information content (AvgIpc) is 3.35. The van der Waals surface area contributed by atoms with E-state index < -0.39 is 29.5 Å². The van der Waals surface area contributed by atoms with Gasteiger partial charge in [0.05, 0.1) is 16.3 Å². The largest absolute Gasteiger partial charge is 0.363 e. The summed E-state index contributed by atoms with van der Waals surface area (Å²) in [6, 6.07) is 16.8. The second-order valence-corrected chi connectivity index (χ2v) is 7.94. The number of amides is 2. The number of primary amides is 1. The smallest absolute Gasteiger partial charge is 0.287 e. The number of benzene rings is 2. The Morgan fingerprint density at radius 3 is 2.54 bits per heavy atom. The molecule has 0 bridgehead atoms. The lowest BCUT2D eigenvalue weighted by atomic mass is 10.0. The monoisotopic (exact) mass is 491 g/mol. The van der Waals surface area contributed by atoms with Crippen LogP contribution < -0.4 is 11.1 Å². The number of ketones is 1. The van der Waals surface area contributed by atoms with Crippen molar-refractivity contribution in [2.75, 3.05) is 0 Å². The molecule has 0 spiro atoms. The first-order valence-electron chi connectivity index (χ1n) is 10.5. The molecule has 35 heavy (non-hydrogen) atoms. The first-order valence-corrected chi connectivity index (χ1v) is 10.9. The molecule has 0 saturated heterocycles. The second kappa shape index (κ2) is 10.3. The normalized spacial score (nSPS) is 11.6. The summed E-state index contributed by atoms with van der Waals surface area (Å²) in [5.41, 5.74) is 6.79. The highest BCUT2D eigenvalue weighted by Crippen LogP contribution is 2.29. The summed E-state index contributed by atoms with van der Waals surface area (Å²) >= 11 is 6.07. The molecule has 0 aliphatic carbocycles. The van der Waals surface area contributed by atoms with E-state index in [1.807, 2.05) is 6.07 Å². The van der Waals surface area contributed by atoms with Crippen molar-refractivity contribution in [1.82, 2.24) is 20.1 Å². The molecule has 176 valence electrons. The number of halogens is 2. The predicted octanol–water partition coefficient (Wildman–Crippen LogP) is 3.12. The molecular weight excluding hydrogens is 473 g/mol. The molecule has 2 aromatic heterocycles. The number of nitrogens with two attached hydrogens (primary N) is 1. The molecule has 10 heteroatoms. The minimum Gasteiger partial charge on any atom is -0.363 e. The third-order valence-corrected chi connectivity index (χ3v) is 5.60. The van der Waals surface area contributed by atoms with E-state index in [4.69, 9.17) is 17.3 Å². The van der Waals surface area contributed by atoms with Gasteiger partial charge in [-0.25, -0.2) is 14.1 Å². The van der Waals surface area contributed by atoms with Crippen LogP contribution in [-0.2, 0) is 16.0 Å². The van der Waals surface area contributed by atoms with E-state index in [2.05, 4.69) is 15.4 Å². The van der Waals surface area contributed by atoms with Gasteiger partial charge in [-0.2, -0.15) is 5.10 Å². The third kappa shape index (κ3) is 5.25. The molecule has 0 aliphatic rings. The second-order valence-electron chi connectivity index (χ2n) is 7.57. The maximum atomic E-state index is 13.9. The van der Waals surface area contributed by atoms with Crippen molar-refractivity contribution >= 4 is 29.2 Å². The molecule has 2 aromatic carbocycles. The fourth-order valence-electron chi connectivity index (χ4n) is 3.51. The molecule has 3 N–H and O–H groups in total. The highest BCUT2D eigenvalue weighted by molar-refractivity contribution is 6.38. The lowest BCUT2D eigenvalue weighted by molar-refractivity contribution is -0.137. The van der Waals surface area contributed by atoms with Gasteiger partial charge in [0.15, 0.2) is 5.82 Å². The fourth-order valence-corrected chi connectivity index (χ4v) is 3.73. The SMILES string of the molecule is NC(=O)C(=O)C(Cc1ccccc1)NC(=O)c1cccnc1-n1ccc(-c2cccc(F)c2Cl)n1. The molecule has 2 heterocycles. The highest BCUT2D eigenvalue weighted by Gasteiger charge is 2.27. The van der Waals surface area contributed by atoms with Crippen molar-refractivity contribution in [2.45, 2.75) is 12.5 Å². The molecule has 4 rings (SSSR count). The zero-order valence-corrected chi connectivity index (χ0v) is 18.9. The van der Waals surface area contributed by atoms with E-state index in [9.17, 15) is 18.8 Å². The lowest BCUT2D eigenvalue weighted by Crippen LogP contribution is -2.47. The Morgan fingerprint density at radius 1 is 1.03 bits per heavy atom. The van der Waals surface area contributed by atoms with Gasteiger partial charge in [-0.1, -0.05) is 54.1 Å². The number of carbonyl (C=O) groups excluding carboxylic acids is 3. The Balaban J connectivity index is 1.63. The maximum absolute atomic E-state index is 13.9. The van der Waals surface area contributed by atoms with Gasteiger partial charge in [0.25, 0.3) is 11.8 Å². The maximum Gasteiger partial charge on any atom is 0.287 e. The summed E-state index contributed by atoms with van der Waals surface area (Å²) < 4.78 is 15.2. The van der Waals surface area contributed by atoms with Crippen LogP contribution in [0, 0.1) is 5.82 Å². The fraction of sp³-hybridized carbons (Fsp3) is 0.0800. The predicted molar refractivity (Wildman–Crippen MR) is 127 cm³/mol. The first kappa shape index (κ1) is 23.8. The molecular formula is C25H19ClFN5O3. The molecule has 0 fully saturated rings. The summed E-state index contributed by atoms with van der Waals surface area (Å²) in [4.78, 5) is 41.4. The zero-order chi connectivity index (χ0) is 24.9. The Kier molecular flexibility index (Phi) is 6.98. The molecule has 0 aliphatic heterocycles. The average molecular weight is 492 g/mol. The standard InChI is InChI=1S/C25H19ClFN5O3/c26-21-16(8-4-10-18(21)27)19-11-13-32(31-19)24-17(9-5-12-29-24)25(35)30-20(22(33)23(28)34)14-15-6-2-1-3-7-15/h1-13,20H,14H2,(H2,28,34)(H,30,35). The minimum atomic E-state index is -1.17. The van der Waals surface area contributed by atoms with Gasteiger partial charge in [0, 0.05) is 24.4 Å². The van der Waals surface area contributed by atoms with E-state index in [0.717, 1.165) is 5.56 Å². The Morgan fingerprint density at radius 2 is 1.80 bits per heavy atom. The molecule has 4 aromatic rings. The van der Waals surface area contributed by atoms with Gasteiger partial charge in [0.2, 0.25) is 5.78 Å². The Hall–Kier alpha value is -4.37. The number of Topliss-reactive ketones (excluding diaryl/α,β-unsaturated/α-hetero) is 1. The lowest BCUT2D eigenvalue weighted by Gasteiger charge is -2.17. The summed E-state index contributed by atoms with van der Waals surface area (Å²) in [5, 5.41) is 6.90. The number of carbonyl (C=O) groups is 3. The van der Waals surface area contributed by atoms with Gasteiger partial charge < -0.3 is 11.1 Å². The van der Waals surface area contributed by atoms with E-state index >= 15 is 0 Å². The minimum absolute atomic E-state index is 0.0773. The van der Waals surface area contributed by atoms with Gasteiger partial charge in [-0.3, -0.25) is 14.4 Å². The number of hydrogen-bond acceptors (Lipinski definition) is 5. The number of nitrogens with zero attached hydrogens (tertiary/aromatic N) is 3. The summed E-state index contributed by atoms with van der Waals surface area (Å²) in [7, 11) is 0. The highest BCUT2D eigenvalue weighted by atomic mass is 35.5. The van der Waals surface area contributed by atoms with Crippen LogP contribution in [-0.4, -0.2) is 38.4 Å². The number of pyridine rings is 1. The number of nitrogens with one attached hydrogen (secondary N) is 1. The number of hydrogen-bond donors (Lipinski definition) is 2. The van der Waals surface area contributed by atoms with Crippen molar-refractivity contribution in [3.05, 3.63) is 101 Å². The van der Waals surface area contributed by atoms with Crippen LogP contribution in [0.25, 0.3) is 17.1 Å². The number of aromatic nitrogens is 3. The first-order chi connectivity index (χ1) is 16.8. The molecule has 0 saturated carbocycles. The van der Waals surface area contributed by atoms with Gasteiger partial charge >= 0.3 is 0 Å². The zero-order valence-electron chi connectivity index (χ0n) is 18.2. The van der Waals surface area contributed by atoms with Crippen LogP contribution in [0.15, 0.2) is 79.1 Å². The Bertz CT molecular complexity index is 1410. The van der Waals surface area contributed by atoms with Crippen molar-refractivity contribution in [1.29, 1.82) is 0 Å². The molecule has 1 unspecified atom stereocenters. The van der Waals surface area contributed by atoms with Crippen molar-refractivity contribution in [3.63, 3.8) is 0 Å². The van der Waals surface area contributed by atoms with E-state index in [1.54, 1.807) is 48.7 Å². The summed E-state index contributed by atoms with van der Waals surface area (Å²) in [6.45, 7) is 0. The van der Waals surface area contributed by atoms with Crippen molar-refractivity contribution < 1.29 is 18.8 Å². The van der Waals surface area contributed by atoms with Gasteiger partial charge in [0.1, 0.15) is 11.9 Å². The van der Waals surface area contributed by atoms with Crippen LogP contribution in [0.1, 0.15) is 15.9 Å². The Labute approximate surface area is 204 Å². The van der Waals surface area contributed by atoms with Gasteiger partial charge in [-0.05, 0) is 29.8 Å². The van der Waals surface area contributed by atoms with E-state index in [0.29, 0.717) is 11.3 Å². The molecule has 8 nitrogen and oxygen atoms in total. The van der Waals surface area contributed by atoms with Crippen LogP contribution in [0.5, 0.6) is 0 Å². The van der Waals surface area contributed by atoms with Crippen LogP contribution in [0.3, 0.4) is 0 Å². The van der Waals surface area contributed by atoms with Crippen LogP contribution in [0.2, 0.25) is 5.02 Å². The van der Waals surface area contributed by atoms with E-state index in [1.165, 1.54) is 29.1 Å². The van der Waals surface area contributed by atoms with Crippen LogP contribution in [0.4, 0.5) is 4.39 Å². The van der Waals surface area contributed by atoms with Crippen molar-refractivity contribution in [2.24, 2.45) is 5.73 Å². The van der Waals surface area contributed by atoms with Gasteiger partial charge in [-0.15, -0.1) is 0 Å². The van der Waals surface area contributed by atoms with Crippen molar-refractivity contribution in [3.8, 4) is 17.1 Å². The quantitative estimate of drug-likeness (QED) is 0.367. The van der Waals surface area contributed by atoms with E-state index in [-0.39, 0.29) is 22.8 Å². The summed E-state index contributed by atoms with van der Waals surface area (Å²) in [5.74, 6) is -3.14. The molecule has 2 amide bonds.